The van der Waals surface area contributed by atoms with E-state index in [0.717, 1.165) is 12.5 Å². The molecular formula is C22H22F3N9O2. The van der Waals surface area contributed by atoms with Crippen molar-refractivity contribution >= 4 is 29.3 Å². The van der Waals surface area contributed by atoms with E-state index >= 15 is 0 Å². The number of carbonyl (C=O) groups excluding carboxylic acids is 1. The van der Waals surface area contributed by atoms with Crippen molar-refractivity contribution in [3.63, 3.8) is 0 Å². The summed E-state index contributed by atoms with van der Waals surface area (Å²) >= 11 is 0. The number of nitrogens with one attached hydrogen (secondary N) is 3. The SMILES string of the molecule is CC(=N)OC(=N)C12CC(C)C[C@H](C1)N2C(=O)Nc1cc(-c2cn3ncnc3cn2)c(C(F)(F)F)cn1. The molecule has 11 nitrogen and oxygen atoms in total. The summed E-state index contributed by atoms with van der Waals surface area (Å²) < 4.78 is 47.8. The highest BCUT2D eigenvalue weighted by Gasteiger charge is 2.62. The number of fused-ring (bicyclic) bond motifs is 3. The van der Waals surface area contributed by atoms with Gasteiger partial charge in [-0.05, 0) is 24.8 Å². The van der Waals surface area contributed by atoms with Gasteiger partial charge in [0.1, 0.15) is 17.7 Å². The minimum Gasteiger partial charge on any atom is -0.428 e. The van der Waals surface area contributed by atoms with Crippen LogP contribution in [0.5, 0.6) is 0 Å². The Balaban J connectivity index is 1.47. The normalized spacial score (nSPS) is 23.2. The van der Waals surface area contributed by atoms with E-state index in [4.69, 9.17) is 15.6 Å². The largest absolute Gasteiger partial charge is 0.428 e. The van der Waals surface area contributed by atoms with Gasteiger partial charge in [0.25, 0.3) is 0 Å². The molecule has 2 amide bonds. The predicted molar refractivity (Wildman–Crippen MR) is 122 cm³/mol. The monoisotopic (exact) mass is 501 g/mol. The second-order valence-electron chi connectivity index (χ2n) is 9.17. The van der Waals surface area contributed by atoms with E-state index in [9.17, 15) is 18.0 Å². The highest BCUT2D eigenvalue weighted by atomic mass is 19.4. The Morgan fingerprint density at radius 2 is 2.00 bits per heavy atom. The van der Waals surface area contributed by atoms with E-state index in [1.165, 1.54) is 35.1 Å². The average molecular weight is 501 g/mol. The highest BCUT2D eigenvalue weighted by Crippen LogP contribution is 2.50. The van der Waals surface area contributed by atoms with Gasteiger partial charge in [-0.3, -0.25) is 21.1 Å². The summed E-state index contributed by atoms with van der Waals surface area (Å²) in [6, 6.07) is 0.348. The second kappa shape index (κ2) is 8.24. The molecule has 0 radical (unpaired) electrons. The van der Waals surface area contributed by atoms with Crippen LogP contribution >= 0.6 is 0 Å². The molecular weight excluding hydrogens is 479 g/mol. The molecule has 0 spiro atoms. The average Bonchev–Trinajstić information content (AvgIpc) is 3.25. The van der Waals surface area contributed by atoms with Crippen molar-refractivity contribution in [2.24, 2.45) is 5.92 Å². The summed E-state index contributed by atoms with van der Waals surface area (Å²) in [5, 5.41) is 22.5. The van der Waals surface area contributed by atoms with Gasteiger partial charge in [0.2, 0.25) is 5.90 Å². The van der Waals surface area contributed by atoms with Crippen LogP contribution in [-0.2, 0) is 10.9 Å². The molecule has 1 aliphatic carbocycles. The first-order valence-electron chi connectivity index (χ1n) is 11.1. The Kier molecular flexibility index (Phi) is 5.41. The number of amides is 2. The third-order valence-corrected chi connectivity index (χ3v) is 6.54. The molecule has 1 aliphatic heterocycles. The molecule has 3 N–H and O–H groups in total. The van der Waals surface area contributed by atoms with Crippen LogP contribution < -0.4 is 5.32 Å². The molecule has 2 fully saturated rings. The van der Waals surface area contributed by atoms with Crippen LogP contribution in [0.3, 0.4) is 0 Å². The van der Waals surface area contributed by atoms with Gasteiger partial charge in [0.05, 0.1) is 23.7 Å². The van der Waals surface area contributed by atoms with Crippen molar-refractivity contribution in [2.75, 3.05) is 5.32 Å². The molecule has 14 heteroatoms. The lowest BCUT2D eigenvalue weighted by atomic mass is 9.64. The van der Waals surface area contributed by atoms with E-state index in [2.05, 4.69) is 25.4 Å². The molecule has 2 aliphatic rings. The fraction of sp³-hybridized carbons (Fsp3) is 0.409. The number of pyridine rings is 1. The van der Waals surface area contributed by atoms with E-state index < -0.39 is 23.3 Å². The molecule has 1 saturated heterocycles. The molecule has 2 unspecified atom stereocenters. The van der Waals surface area contributed by atoms with E-state index in [-0.39, 0.29) is 40.8 Å². The Hall–Kier alpha value is -4.10. The number of ether oxygens (including phenoxy) is 1. The maximum Gasteiger partial charge on any atom is 0.418 e. The number of urea groups is 1. The van der Waals surface area contributed by atoms with Gasteiger partial charge < -0.3 is 9.64 Å². The summed E-state index contributed by atoms with van der Waals surface area (Å²) in [4.78, 5) is 26.6. The van der Waals surface area contributed by atoms with Gasteiger partial charge in [0.15, 0.2) is 11.5 Å². The van der Waals surface area contributed by atoms with Crippen LogP contribution in [0.4, 0.5) is 23.8 Å². The zero-order valence-electron chi connectivity index (χ0n) is 19.3. The molecule has 3 atom stereocenters. The number of carbonyl (C=O) groups is 1. The van der Waals surface area contributed by atoms with E-state index in [1.54, 1.807) is 0 Å². The summed E-state index contributed by atoms with van der Waals surface area (Å²) in [5.74, 6) is -0.231. The number of anilines is 1. The fourth-order valence-corrected chi connectivity index (χ4v) is 5.21. The smallest absolute Gasteiger partial charge is 0.418 e. The van der Waals surface area contributed by atoms with Crippen LogP contribution in [0.15, 0.2) is 31.0 Å². The molecule has 0 aromatic carbocycles. The summed E-state index contributed by atoms with van der Waals surface area (Å²) in [6.45, 7) is 3.42. The quantitative estimate of drug-likeness (QED) is 0.366. The van der Waals surface area contributed by atoms with Gasteiger partial charge in [-0.15, -0.1) is 0 Å². The van der Waals surface area contributed by atoms with Crippen LogP contribution in [0, 0.1) is 16.7 Å². The van der Waals surface area contributed by atoms with E-state index in [1.807, 2.05) is 6.92 Å². The van der Waals surface area contributed by atoms with Gasteiger partial charge in [-0.1, -0.05) is 6.92 Å². The van der Waals surface area contributed by atoms with Crippen molar-refractivity contribution in [1.82, 2.24) is 29.5 Å². The van der Waals surface area contributed by atoms with Crippen LogP contribution in [0.2, 0.25) is 0 Å². The zero-order valence-corrected chi connectivity index (χ0v) is 19.3. The minimum absolute atomic E-state index is 0.0269. The first kappa shape index (κ1) is 23.6. The fourth-order valence-electron chi connectivity index (χ4n) is 5.21. The zero-order chi connectivity index (χ0) is 25.8. The Bertz CT molecular complexity index is 1390. The van der Waals surface area contributed by atoms with Gasteiger partial charge in [-0.25, -0.2) is 19.3 Å². The number of hydrogen-bond donors (Lipinski definition) is 3. The van der Waals surface area contributed by atoms with Gasteiger partial charge >= 0.3 is 12.2 Å². The van der Waals surface area contributed by atoms with Crippen LogP contribution in [0.25, 0.3) is 16.9 Å². The number of nitrogens with zero attached hydrogens (tertiary/aromatic N) is 6. The lowest BCUT2D eigenvalue weighted by molar-refractivity contribution is -0.137. The number of piperidine rings is 1. The minimum atomic E-state index is -4.71. The summed E-state index contributed by atoms with van der Waals surface area (Å²) in [7, 11) is 0. The molecule has 3 aromatic rings. The third kappa shape index (κ3) is 3.91. The number of aromatic nitrogens is 5. The Labute approximate surface area is 202 Å². The first-order chi connectivity index (χ1) is 17.0. The van der Waals surface area contributed by atoms with Crippen molar-refractivity contribution in [2.45, 2.75) is 50.9 Å². The van der Waals surface area contributed by atoms with Crippen molar-refractivity contribution in [1.29, 1.82) is 10.8 Å². The van der Waals surface area contributed by atoms with Crippen molar-refractivity contribution in [3.05, 3.63) is 36.5 Å². The molecule has 2 bridgehead atoms. The second-order valence-corrected chi connectivity index (χ2v) is 9.17. The molecule has 4 heterocycles. The molecule has 188 valence electrons. The van der Waals surface area contributed by atoms with Crippen molar-refractivity contribution < 1.29 is 22.7 Å². The Morgan fingerprint density at radius 1 is 1.22 bits per heavy atom. The number of halogens is 3. The summed E-state index contributed by atoms with van der Waals surface area (Å²) in [6.07, 6.45) is 1.52. The maximum atomic E-state index is 13.8. The predicted octanol–water partition coefficient (Wildman–Crippen LogP) is 3.97. The van der Waals surface area contributed by atoms with Crippen LogP contribution in [-0.4, -0.2) is 58.9 Å². The van der Waals surface area contributed by atoms with E-state index in [0.29, 0.717) is 24.7 Å². The molecule has 3 aromatic heterocycles. The first-order valence-corrected chi connectivity index (χ1v) is 11.1. The maximum absolute atomic E-state index is 13.8. The van der Waals surface area contributed by atoms with Gasteiger partial charge in [0, 0.05) is 31.1 Å². The highest BCUT2D eigenvalue weighted by molar-refractivity contribution is 6.00. The van der Waals surface area contributed by atoms with Crippen molar-refractivity contribution in [3.8, 4) is 11.3 Å². The molecule has 5 rings (SSSR count). The third-order valence-electron chi connectivity index (χ3n) is 6.54. The molecule has 36 heavy (non-hydrogen) atoms. The number of hydrogen-bond acceptors (Lipinski definition) is 8. The standard InChI is InChI=1S/C22H22F3N9O2/c1-11-3-13-6-21(5-11,19(27)36-12(2)26)34(13)20(35)32-17-4-14(15(7-29-17)22(23,24)25)16-9-33-18(8-28-16)30-10-31-33/h4,7-11,13,26-27H,3,5-6H2,1-2H3,(H,29,32,35)/t11?,13-,21?/m1/s1. The van der Waals surface area contributed by atoms with Crippen LogP contribution in [0.1, 0.15) is 38.7 Å². The number of alkyl halides is 3. The number of rotatable bonds is 3. The Morgan fingerprint density at radius 3 is 2.72 bits per heavy atom. The lowest BCUT2D eigenvalue weighted by Crippen LogP contribution is -2.75. The topological polar surface area (TPSA) is 145 Å². The lowest BCUT2D eigenvalue weighted by Gasteiger charge is -2.62. The molecule has 1 saturated carbocycles. The van der Waals surface area contributed by atoms with Gasteiger partial charge in [-0.2, -0.15) is 18.3 Å². The number of likely N-dealkylation sites (tertiary alicyclic amines) is 1. The summed E-state index contributed by atoms with van der Waals surface area (Å²) in [5.41, 5.74) is -1.98.